The minimum atomic E-state index is 0.307. The molecule has 0 unspecified atom stereocenters. The van der Waals surface area contributed by atoms with Crippen LogP contribution in [0.1, 0.15) is 60.8 Å². The molecule has 26 heavy (non-hydrogen) atoms. The summed E-state index contributed by atoms with van der Waals surface area (Å²) in [6, 6.07) is 23.4. The first-order chi connectivity index (χ1) is 12.9. The smallest absolute Gasteiger partial charge is 0.0218 e. The third-order valence-corrected chi connectivity index (χ3v) is 8.04. The van der Waals surface area contributed by atoms with Crippen LogP contribution >= 0.6 is 0 Å². The van der Waals surface area contributed by atoms with Crippen molar-refractivity contribution in [3.63, 3.8) is 0 Å². The highest BCUT2D eigenvalue weighted by Crippen LogP contribution is 2.67. The molecule has 4 aliphatic carbocycles. The summed E-state index contributed by atoms with van der Waals surface area (Å²) in [5, 5.41) is 0. The summed E-state index contributed by atoms with van der Waals surface area (Å²) in [6.45, 7) is 0. The van der Waals surface area contributed by atoms with E-state index in [0.29, 0.717) is 10.8 Å². The summed E-state index contributed by atoms with van der Waals surface area (Å²) in [6.07, 6.45) is 8.08. The van der Waals surface area contributed by atoms with E-state index in [4.69, 9.17) is 0 Å². The van der Waals surface area contributed by atoms with Crippen LogP contribution in [0.2, 0.25) is 0 Å². The molecule has 0 bridgehead atoms. The van der Waals surface area contributed by atoms with Gasteiger partial charge in [-0.2, -0.15) is 0 Å². The zero-order valence-electron chi connectivity index (χ0n) is 15.0. The second kappa shape index (κ2) is 4.31. The summed E-state index contributed by atoms with van der Waals surface area (Å²) in [7, 11) is 0. The van der Waals surface area contributed by atoms with Gasteiger partial charge in [0, 0.05) is 10.8 Å². The normalized spacial score (nSPS) is 21.5. The van der Waals surface area contributed by atoms with Gasteiger partial charge in [-0.15, -0.1) is 0 Å². The molecule has 0 atom stereocenters. The molecule has 7 rings (SSSR count). The lowest BCUT2D eigenvalue weighted by Crippen LogP contribution is -2.39. The Morgan fingerprint density at radius 3 is 1.27 bits per heavy atom. The van der Waals surface area contributed by atoms with Gasteiger partial charge in [0.05, 0.1) is 0 Å². The van der Waals surface area contributed by atoms with Gasteiger partial charge in [0.15, 0.2) is 0 Å². The fourth-order valence-corrected chi connectivity index (χ4v) is 6.68. The minimum Gasteiger partial charge on any atom is -0.0619 e. The molecule has 0 heterocycles. The molecular weight excluding hydrogens is 312 g/mol. The third kappa shape index (κ3) is 1.29. The summed E-state index contributed by atoms with van der Waals surface area (Å²) in [5.74, 6) is 0. The van der Waals surface area contributed by atoms with Crippen LogP contribution in [0, 0.1) is 0 Å². The second-order valence-corrected chi connectivity index (χ2v) is 8.87. The molecule has 3 aromatic carbocycles. The van der Waals surface area contributed by atoms with Crippen LogP contribution in [0.4, 0.5) is 0 Å². The van der Waals surface area contributed by atoms with Crippen LogP contribution in [-0.4, -0.2) is 0 Å². The molecule has 126 valence electrons. The quantitative estimate of drug-likeness (QED) is 0.435. The van der Waals surface area contributed by atoms with Crippen molar-refractivity contribution in [2.45, 2.75) is 49.4 Å². The molecule has 4 aliphatic rings. The lowest BCUT2D eigenvalue weighted by molar-refractivity contribution is 0.278. The largest absolute Gasteiger partial charge is 0.0619 e. The van der Waals surface area contributed by atoms with Crippen molar-refractivity contribution in [1.29, 1.82) is 0 Å². The predicted molar refractivity (Wildman–Crippen MR) is 107 cm³/mol. The second-order valence-electron chi connectivity index (χ2n) is 8.87. The molecule has 0 heteroatoms. The van der Waals surface area contributed by atoms with Gasteiger partial charge in [0.1, 0.15) is 0 Å². The van der Waals surface area contributed by atoms with Crippen molar-refractivity contribution < 1.29 is 0 Å². The average molecular weight is 334 g/mol. The van der Waals surface area contributed by atoms with E-state index in [1.165, 1.54) is 60.8 Å². The van der Waals surface area contributed by atoms with Crippen LogP contribution in [0.25, 0.3) is 22.3 Å². The fourth-order valence-electron chi connectivity index (χ4n) is 6.68. The standard InChI is InChI=1S/C26H22/c1-3-9-21-17(7-1)19-11-12-20-18-8-2-4-10-22(18)26(15-6-16-26)24(20)23(19)25(21)13-5-14-25/h1-4,7-12H,5-6,13-16H2. The van der Waals surface area contributed by atoms with Gasteiger partial charge < -0.3 is 0 Å². The maximum Gasteiger partial charge on any atom is 0.0218 e. The van der Waals surface area contributed by atoms with Gasteiger partial charge in [-0.25, -0.2) is 0 Å². The van der Waals surface area contributed by atoms with Gasteiger partial charge in [-0.05, 0) is 70.2 Å². The van der Waals surface area contributed by atoms with Crippen molar-refractivity contribution in [3.8, 4) is 22.3 Å². The maximum atomic E-state index is 2.44. The van der Waals surface area contributed by atoms with Gasteiger partial charge in [-0.1, -0.05) is 73.5 Å². The van der Waals surface area contributed by atoms with Crippen LogP contribution in [0.3, 0.4) is 0 Å². The van der Waals surface area contributed by atoms with Crippen LogP contribution in [-0.2, 0) is 10.8 Å². The van der Waals surface area contributed by atoms with E-state index in [-0.39, 0.29) is 0 Å². The Morgan fingerprint density at radius 1 is 0.462 bits per heavy atom. The zero-order chi connectivity index (χ0) is 16.9. The Balaban J connectivity index is 1.63. The Bertz CT molecular complexity index is 1000. The number of hydrogen-bond donors (Lipinski definition) is 0. The Morgan fingerprint density at radius 2 is 0.885 bits per heavy atom. The highest BCUT2D eigenvalue weighted by molar-refractivity contribution is 5.92. The zero-order valence-corrected chi connectivity index (χ0v) is 15.0. The molecule has 0 N–H and O–H groups in total. The Labute approximate surface area is 154 Å². The van der Waals surface area contributed by atoms with E-state index < -0.39 is 0 Å². The summed E-state index contributed by atoms with van der Waals surface area (Å²) in [5.41, 5.74) is 13.4. The molecule has 0 nitrogen and oxygen atoms in total. The first-order valence-corrected chi connectivity index (χ1v) is 10.2. The third-order valence-electron chi connectivity index (χ3n) is 8.04. The number of benzene rings is 3. The van der Waals surface area contributed by atoms with Crippen molar-refractivity contribution >= 4 is 0 Å². The Hall–Kier alpha value is -2.34. The fraction of sp³-hybridized carbons (Fsp3) is 0.308. The number of rotatable bonds is 0. The van der Waals surface area contributed by atoms with Crippen molar-refractivity contribution in [3.05, 3.63) is 82.9 Å². The molecule has 0 aliphatic heterocycles. The van der Waals surface area contributed by atoms with Crippen LogP contribution < -0.4 is 0 Å². The summed E-state index contributed by atoms with van der Waals surface area (Å²) >= 11 is 0. The number of fused-ring (bicyclic) bond motifs is 11. The molecule has 0 aromatic heterocycles. The SMILES string of the molecule is c1ccc2c(c1)-c1ccc3c(c1C21CCC1)C1(CCC1)c1ccccc1-3. The molecule has 2 spiro atoms. The molecule has 0 radical (unpaired) electrons. The first-order valence-electron chi connectivity index (χ1n) is 10.2. The van der Waals surface area contributed by atoms with E-state index in [9.17, 15) is 0 Å². The van der Waals surface area contributed by atoms with Gasteiger partial charge >= 0.3 is 0 Å². The number of hydrogen-bond acceptors (Lipinski definition) is 0. The Kier molecular flexibility index (Phi) is 2.29. The van der Waals surface area contributed by atoms with Gasteiger partial charge in [0.25, 0.3) is 0 Å². The maximum absolute atomic E-state index is 2.44. The van der Waals surface area contributed by atoms with E-state index in [0.717, 1.165) is 0 Å². The minimum absolute atomic E-state index is 0.307. The molecule has 2 saturated carbocycles. The lowest BCUT2D eigenvalue weighted by Gasteiger charge is -2.47. The van der Waals surface area contributed by atoms with Crippen molar-refractivity contribution in [2.75, 3.05) is 0 Å². The lowest BCUT2D eigenvalue weighted by atomic mass is 9.56. The molecule has 0 amide bonds. The van der Waals surface area contributed by atoms with Gasteiger partial charge in [0.2, 0.25) is 0 Å². The molecule has 3 aromatic rings. The van der Waals surface area contributed by atoms with Gasteiger partial charge in [-0.3, -0.25) is 0 Å². The topological polar surface area (TPSA) is 0 Å². The van der Waals surface area contributed by atoms with Crippen molar-refractivity contribution in [2.24, 2.45) is 0 Å². The van der Waals surface area contributed by atoms with Crippen LogP contribution in [0.15, 0.2) is 60.7 Å². The highest BCUT2D eigenvalue weighted by atomic mass is 14.6. The van der Waals surface area contributed by atoms with E-state index in [2.05, 4.69) is 60.7 Å². The molecule has 2 fully saturated rings. The van der Waals surface area contributed by atoms with E-state index >= 15 is 0 Å². The van der Waals surface area contributed by atoms with Crippen molar-refractivity contribution in [1.82, 2.24) is 0 Å². The van der Waals surface area contributed by atoms with E-state index in [1.807, 2.05) is 0 Å². The van der Waals surface area contributed by atoms with E-state index in [1.54, 1.807) is 22.3 Å². The first kappa shape index (κ1) is 13.8. The predicted octanol–water partition coefficient (Wildman–Crippen LogP) is 6.59. The van der Waals surface area contributed by atoms with Crippen LogP contribution in [0.5, 0.6) is 0 Å². The highest BCUT2D eigenvalue weighted by Gasteiger charge is 2.55. The molecule has 0 saturated heterocycles. The summed E-state index contributed by atoms with van der Waals surface area (Å²) < 4.78 is 0. The summed E-state index contributed by atoms with van der Waals surface area (Å²) in [4.78, 5) is 0. The molecular formula is C26H22. The average Bonchev–Trinajstić information content (AvgIpc) is 3.09. The monoisotopic (exact) mass is 334 g/mol.